The van der Waals surface area contributed by atoms with Crippen molar-refractivity contribution < 1.29 is 22.8 Å². The third kappa shape index (κ3) is 4.84. The van der Waals surface area contributed by atoms with Gasteiger partial charge in [-0.2, -0.15) is 13.2 Å². The van der Waals surface area contributed by atoms with Crippen molar-refractivity contribution in [3.05, 3.63) is 65.2 Å². The van der Waals surface area contributed by atoms with Crippen molar-refractivity contribution in [2.75, 3.05) is 5.32 Å². The second kappa shape index (κ2) is 7.16. The van der Waals surface area contributed by atoms with Gasteiger partial charge in [-0.1, -0.05) is 29.8 Å². The van der Waals surface area contributed by atoms with E-state index in [0.717, 1.165) is 35.4 Å². The molecule has 0 aliphatic heterocycles. The SMILES string of the molecule is Cc1cccc(CNC(=O)C(=O)Nc2ccc(C(F)(F)F)cc2)c1. The van der Waals surface area contributed by atoms with Gasteiger partial charge in [0.1, 0.15) is 0 Å². The lowest BCUT2D eigenvalue weighted by atomic mass is 10.1. The molecule has 2 aromatic carbocycles. The van der Waals surface area contributed by atoms with Gasteiger partial charge in [0.15, 0.2) is 0 Å². The van der Waals surface area contributed by atoms with E-state index in [-0.39, 0.29) is 12.2 Å². The van der Waals surface area contributed by atoms with Crippen LogP contribution in [0.3, 0.4) is 0 Å². The van der Waals surface area contributed by atoms with Gasteiger partial charge in [-0.05, 0) is 36.8 Å². The van der Waals surface area contributed by atoms with Gasteiger partial charge in [0.25, 0.3) is 0 Å². The minimum absolute atomic E-state index is 0.110. The number of alkyl halides is 3. The summed E-state index contributed by atoms with van der Waals surface area (Å²) in [4.78, 5) is 23.5. The number of anilines is 1. The highest BCUT2D eigenvalue weighted by Gasteiger charge is 2.30. The fourth-order valence-electron chi connectivity index (χ4n) is 2.02. The predicted octanol–water partition coefficient (Wildman–Crippen LogP) is 3.27. The van der Waals surface area contributed by atoms with E-state index in [1.807, 2.05) is 25.1 Å². The summed E-state index contributed by atoms with van der Waals surface area (Å²) in [6, 6.07) is 11.3. The van der Waals surface area contributed by atoms with Crippen LogP contribution in [0.15, 0.2) is 48.5 Å². The van der Waals surface area contributed by atoms with Crippen LogP contribution in [-0.4, -0.2) is 11.8 Å². The molecule has 0 spiro atoms. The van der Waals surface area contributed by atoms with E-state index < -0.39 is 23.6 Å². The fourth-order valence-corrected chi connectivity index (χ4v) is 2.02. The highest BCUT2D eigenvalue weighted by Crippen LogP contribution is 2.29. The van der Waals surface area contributed by atoms with Gasteiger partial charge in [0, 0.05) is 12.2 Å². The smallest absolute Gasteiger partial charge is 0.344 e. The van der Waals surface area contributed by atoms with Crippen molar-refractivity contribution in [3.8, 4) is 0 Å². The molecule has 2 aromatic rings. The Bertz CT molecular complexity index is 740. The molecule has 2 amide bonds. The maximum atomic E-state index is 12.4. The van der Waals surface area contributed by atoms with E-state index in [1.165, 1.54) is 0 Å². The van der Waals surface area contributed by atoms with Gasteiger partial charge in [0.05, 0.1) is 5.56 Å². The molecule has 0 aromatic heterocycles. The van der Waals surface area contributed by atoms with Crippen LogP contribution in [-0.2, 0) is 22.3 Å². The Labute approximate surface area is 136 Å². The van der Waals surface area contributed by atoms with Crippen LogP contribution in [0.4, 0.5) is 18.9 Å². The Morgan fingerprint density at radius 1 is 1.00 bits per heavy atom. The van der Waals surface area contributed by atoms with Crippen molar-refractivity contribution in [2.45, 2.75) is 19.6 Å². The van der Waals surface area contributed by atoms with Crippen molar-refractivity contribution in [1.82, 2.24) is 5.32 Å². The zero-order valence-electron chi connectivity index (χ0n) is 12.8. The van der Waals surface area contributed by atoms with Crippen LogP contribution < -0.4 is 10.6 Å². The first-order valence-corrected chi connectivity index (χ1v) is 7.08. The van der Waals surface area contributed by atoms with Crippen LogP contribution in [0.1, 0.15) is 16.7 Å². The highest BCUT2D eigenvalue weighted by atomic mass is 19.4. The molecule has 4 nitrogen and oxygen atoms in total. The van der Waals surface area contributed by atoms with E-state index in [2.05, 4.69) is 10.6 Å². The number of amides is 2. The Morgan fingerprint density at radius 3 is 2.25 bits per heavy atom. The maximum absolute atomic E-state index is 12.4. The quantitative estimate of drug-likeness (QED) is 0.845. The van der Waals surface area contributed by atoms with Crippen molar-refractivity contribution in [3.63, 3.8) is 0 Å². The molecule has 2 N–H and O–H groups in total. The number of halogens is 3. The summed E-state index contributed by atoms with van der Waals surface area (Å²) in [6.45, 7) is 2.09. The number of carbonyl (C=O) groups is 2. The first-order valence-electron chi connectivity index (χ1n) is 7.08. The van der Waals surface area contributed by atoms with Crippen LogP contribution in [0.2, 0.25) is 0 Å². The van der Waals surface area contributed by atoms with Crippen LogP contribution >= 0.6 is 0 Å². The third-order valence-electron chi connectivity index (χ3n) is 3.21. The standard InChI is InChI=1S/C17H15F3N2O2/c1-11-3-2-4-12(9-11)10-21-15(23)16(24)22-14-7-5-13(6-8-14)17(18,19)20/h2-9H,10H2,1H3,(H,21,23)(H,22,24). The number of rotatable bonds is 3. The molecule has 126 valence electrons. The van der Waals surface area contributed by atoms with Crippen LogP contribution in [0.25, 0.3) is 0 Å². The monoisotopic (exact) mass is 336 g/mol. The minimum Gasteiger partial charge on any atom is -0.344 e. The Balaban J connectivity index is 1.90. The molecular formula is C17H15F3N2O2. The molecule has 0 bridgehead atoms. The average Bonchev–Trinajstić information content (AvgIpc) is 2.52. The Morgan fingerprint density at radius 2 is 1.67 bits per heavy atom. The van der Waals surface area contributed by atoms with E-state index >= 15 is 0 Å². The highest BCUT2D eigenvalue weighted by molar-refractivity contribution is 6.39. The summed E-state index contributed by atoms with van der Waals surface area (Å²) in [5.41, 5.74) is 1.14. The Kier molecular flexibility index (Phi) is 5.23. The molecule has 0 aliphatic rings. The number of nitrogens with one attached hydrogen (secondary N) is 2. The molecule has 7 heteroatoms. The first kappa shape index (κ1) is 17.5. The number of carbonyl (C=O) groups excluding carboxylic acids is 2. The lowest BCUT2D eigenvalue weighted by Gasteiger charge is -2.09. The summed E-state index contributed by atoms with van der Waals surface area (Å²) in [5, 5.41) is 4.70. The lowest BCUT2D eigenvalue weighted by molar-refractivity contribution is -0.137. The third-order valence-corrected chi connectivity index (χ3v) is 3.21. The molecular weight excluding hydrogens is 321 g/mol. The summed E-state index contributed by atoms with van der Waals surface area (Å²) in [5.74, 6) is -1.81. The number of benzene rings is 2. The van der Waals surface area contributed by atoms with Gasteiger partial charge in [-0.25, -0.2) is 0 Å². The Hall–Kier alpha value is -2.83. The van der Waals surface area contributed by atoms with E-state index in [9.17, 15) is 22.8 Å². The topological polar surface area (TPSA) is 58.2 Å². The molecule has 0 heterocycles. The number of hydrogen-bond donors (Lipinski definition) is 2. The normalized spacial score (nSPS) is 11.0. The van der Waals surface area contributed by atoms with E-state index in [4.69, 9.17) is 0 Å². The molecule has 2 rings (SSSR count). The van der Waals surface area contributed by atoms with Crippen LogP contribution in [0.5, 0.6) is 0 Å². The van der Waals surface area contributed by atoms with Gasteiger partial charge in [-0.15, -0.1) is 0 Å². The summed E-state index contributed by atoms with van der Waals surface area (Å²) >= 11 is 0. The van der Waals surface area contributed by atoms with E-state index in [0.29, 0.717) is 0 Å². The van der Waals surface area contributed by atoms with E-state index in [1.54, 1.807) is 6.07 Å². The molecule has 0 saturated carbocycles. The molecule has 0 aliphatic carbocycles. The second-order valence-corrected chi connectivity index (χ2v) is 5.20. The summed E-state index contributed by atoms with van der Waals surface area (Å²) in [6.07, 6.45) is -4.45. The minimum atomic E-state index is -4.45. The summed E-state index contributed by atoms with van der Waals surface area (Å²) < 4.78 is 37.3. The summed E-state index contributed by atoms with van der Waals surface area (Å²) in [7, 11) is 0. The predicted molar refractivity (Wildman–Crippen MR) is 83.1 cm³/mol. The molecule has 0 saturated heterocycles. The van der Waals surface area contributed by atoms with Crippen LogP contribution in [0, 0.1) is 6.92 Å². The van der Waals surface area contributed by atoms with Gasteiger partial charge in [-0.3, -0.25) is 9.59 Å². The van der Waals surface area contributed by atoms with Gasteiger partial charge in [0.2, 0.25) is 0 Å². The second-order valence-electron chi connectivity index (χ2n) is 5.20. The maximum Gasteiger partial charge on any atom is 0.416 e. The molecule has 0 atom stereocenters. The fraction of sp³-hybridized carbons (Fsp3) is 0.176. The van der Waals surface area contributed by atoms with Crippen molar-refractivity contribution in [1.29, 1.82) is 0 Å². The van der Waals surface area contributed by atoms with Gasteiger partial charge < -0.3 is 10.6 Å². The lowest BCUT2D eigenvalue weighted by Crippen LogP contribution is -2.34. The molecule has 0 radical (unpaired) electrons. The largest absolute Gasteiger partial charge is 0.416 e. The first-order chi connectivity index (χ1) is 11.3. The average molecular weight is 336 g/mol. The molecule has 0 fully saturated rings. The van der Waals surface area contributed by atoms with Crippen molar-refractivity contribution >= 4 is 17.5 Å². The van der Waals surface area contributed by atoms with Gasteiger partial charge >= 0.3 is 18.0 Å². The molecule has 0 unspecified atom stereocenters. The molecule has 24 heavy (non-hydrogen) atoms. The van der Waals surface area contributed by atoms with Crippen molar-refractivity contribution in [2.24, 2.45) is 0 Å². The number of hydrogen-bond acceptors (Lipinski definition) is 2. The zero-order chi connectivity index (χ0) is 17.7. The zero-order valence-corrected chi connectivity index (χ0v) is 12.8. The number of aryl methyl sites for hydroxylation is 1.